The first kappa shape index (κ1) is 9.58. The Hall–Kier alpha value is -1.97. The molecule has 0 saturated heterocycles. The maximum atomic E-state index is 12.7. The van der Waals surface area contributed by atoms with Gasteiger partial charge in [0.25, 0.3) is 0 Å². The molecule has 3 nitrogen and oxygen atoms in total. The van der Waals surface area contributed by atoms with Crippen LogP contribution in [0.5, 0.6) is 0 Å². The van der Waals surface area contributed by atoms with Gasteiger partial charge in [-0.05, 0) is 17.7 Å². The Kier molecular flexibility index (Phi) is 2.33. The number of hydrogen-bond donors (Lipinski definition) is 0. The Morgan fingerprint density at radius 2 is 2.00 bits per heavy atom. The normalized spacial score (nSPS) is 10.3. The molecule has 76 valence electrons. The van der Waals surface area contributed by atoms with Gasteiger partial charge in [-0.2, -0.15) is 5.10 Å². The zero-order valence-corrected chi connectivity index (χ0v) is 8.14. The van der Waals surface area contributed by atoms with E-state index in [0.29, 0.717) is 11.3 Å². The molecule has 1 heterocycles. The summed E-state index contributed by atoms with van der Waals surface area (Å²) < 4.78 is 14.2. The fraction of sp³-hybridized carbons (Fsp3) is 0.0909. The summed E-state index contributed by atoms with van der Waals surface area (Å²) in [6, 6.07) is 5.96. The minimum Gasteiger partial charge on any atom is -0.296 e. The average Bonchev–Trinajstić information content (AvgIpc) is 2.61. The zero-order valence-electron chi connectivity index (χ0n) is 8.14. The van der Waals surface area contributed by atoms with E-state index in [0.717, 1.165) is 11.8 Å². The zero-order chi connectivity index (χ0) is 10.8. The van der Waals surface area contributed by atoms with Crippen molar-refractivity contribution < 1.29 is 9.18 Å². The summed E-state index contributed by atoms with van der Waals surface area (Å²) >= 11 is 0. The first-order chi connectivity index (χ1) is 7.22. The standard InChI is InChI=1S/C11H9FN2O/c1-14-11(7-15)10(6-13-14)8-2-4-9(12)5-3-8/h2-7H,1H3. The summed E-state index contributed by atoms with van der Waals surface area (Å²) in [4.78, 5) is 10.8. The Morgan fingerprint density at radius 1 is 1.33 bits per heavy atom. The third-order valence-corrected chi connectivity index (χ3v) is 2.25. The van der Waals surface area contributed by atoms with Gasteiger partial charge < -0.3 is 0 Å². The number of nitrogens with zero attached hydrogens (tertiary/aromatic N) is 2. The number of carbonyl (C=O) groups excluding carboxylic acids is 1. The van der Waals surface area contributed by atoms with Crippen LogP contribution in [-0.4, -0.2) is 16.1 Å². The molecule has 0 spiro atoms. The maximum Gasteiger partial charge on any atom is 0.168 e. The van der Waals surface area contributed by atoms with Gasteiger partial charge in [-0.25, -0.2) is 4.39 Å². The van der Waals surface area contributed by atoms with E-state index in [1.807, 2.05) is 0 Å². The van der Waals surface area contributed by atoms with Crippen LogP contribution in [0.4, 0.5) is 4.39 Å². The van der Waals surface area contributed by atoms with E-state index in [2.05, 4.69) is 5.10 Å². The number of carbonyl (C=O) groups is 1. The van der Waals surface area contributed by atoms with Crippen molar-refractivity contribution in [3.05, 3.63) is 42.0 Å². The SMILES string of the molecule is Cn1ncc(-c2ccc(F)cc2)c1C=O. The van der Waals surface area contributed by atoms with E-state index in [1.54, 1.807) is 25.4 Å². The summed E-state index contributed by atoms with van der Waals surface area (Å²) in [5.41, 5.74) is 1.99. The van der Waals surface area contributed by atoms with Crippen LogP contribution in [0.25, 0.3) is 11.1 Å². The fourth-order valence-electron chi connectivity index (χ4n) is 1.44. The van der Waals surface area contributed by atoms with E-state index >= 15 is 0 Å². The Morgan fingerprint density at radius 3 is 2.60 bits per heavy atom. The molecule has 0 aliphatic carbocycles. The molecule has 0 unspecified atom stereocenters. The third kappa shape index (κ3) is 1.66. The van der Waals surface area contributed by atoms with Crippen molar-refractivity contribution in [1.29, 1.82) is 0 Å². The van der Waals surface area contributed by atoms with Gasteiger partial charge in [0.05, 0.1) is 6.20 Å². The molecule has 0 saturated carbocycles. The van der Waals surface area contributed by atoms with Crippen LogP contribution in [0.3, 0.4) is 0 Å². The van der Waals surface area contributed by atoms with Gasteiger partial charge >= 0.3 is 0 Å². The molecule has 1 aromatic carbocycles. The summed E-state index contributed by atoms with van der Waals surface area (Å²) in [6.07, 6.45) is 2.34. The summed E-state index contributed by atoms with van der Waals surface area (Å²) in [6.45, 7) is 0. The average molecular weight is 204 g/mol. The first-order valence-corrected chi connectivity index (χ1v) is 4.45. The number of hydrogen-bond acceptors (Lipinski definition) is 2. The lowest BCUT2D eigenvalue weighted by Gasteiger charge is -1.99. The second kappa shape index (κ2) is 3.65. The summed E-state index contributed by atoms with van der Waals surface area (Å²) in [5, 5.41) is 3.98. The van der Waals surface area contributed by atoms with Crippen molar-refractivity contribution in [1.82, 2.24) is 9.78 Å². The molecule has 1 aromatic heterocycles. The third-order valence-electron chi connectivity index (χ3n) is 2.25. The van der Waals surface area contributed by atoms with Gasteiger partial charge in [0.2, 0.25) is 0 Å². The number of aldehydes is 1. The van der Waals surface area contributed by atoms with Crippen molar-refractivity contribution in [2.75, 3.05) is 0 Å². The number of benzene rings is 1. The molecule has 15 heavy (non-hydrogen) atoms. The van der Waals surface area contributed by atoms with E-state index in [4.69, 9.17) is 0 Å². The largest absolute Gasteiger partial charge is 0.296 e. The highest BCUT2D eigenvalue weighted by atomic mass is 19.1. The van der Waals surface area contributed by atoms with Crippen molar-refractivity contribution >= 4 is 6.29 Å². The van der Waals surface area contributed by atoms with Crippen molar-refractivity contribution in [2.24, 2.45) is 7.05 Å². The van der Waals surface area contributed by atoms with E-state index in [1.165, 1.54) is 16.8 Å². The van der Waals surface area contributed by atoms with Gasteiger partial charge in [-0.3, -0.25) is 9.48 Å². The van der Waals surface area contributed by atoms with Crippen molar-refractivity contribution in [3.8, 4) is 11.1 Å². The number of aryl methyl sites for hydroxylation is 1. The number of rotatable bonds is 2. The Labute approximate surface area is 86.2 Å². The van der Waals surface area contributed by atoms with Gasteiger partial charge in [-0.1, -0.05) is 12.1 Å². The quantitative estimate of drug-likeness (QED) is 0.701. The minimum absolute atomic E-state index is 0.296. The minimum atomic E-state index is -0.296. The molecule has 0 amide bonds. The van der Waals surface area contributed by atoms with Crippen molar-refractivity contribution in [3.63, 3.8) is 0 Å². The molecule has 0 bridgehead atoms. The van der Waals surface area contributed by atoms with Crippen LogP contribution in [0.1, 0.15) is 10.5 Å². The first-order valence-electron chi connectivity index (χ1n) is 4.45. The predicted octanol–water partition coefficient (Wildman–Crippen LogP) is 2.04. The van der Waals surface area contributed by atoms with E-state index in [-0.39, 0.29) is 5.82 Å². The lowest BCUT2D eigenvalue weighted by Crippen LogP contribution is -1.96. The highest BCUT2D eigenvalue weighted by Crippen LogP contribution is 2.21. The molecule has 0 aliphatic rings. The van der Waals surface area contributed by atoms with Gasteiger partial charge in [0.15, 0.2) is 6.29 Å². The highest BCUT2D eigenvalue weighted by molar-refractivity contribution is 5.85. The van der Waals surface area contributed by atoms with Crippen molar-refractivity contribution in [2.45, 2.75) is 0 Å². The topological polar surface area (TPSA) is 34.9 Å². The summed E-state index contributed by atoms with van der Waals surface area (Å²) in [5.74, 6) is -0.296. The van der Waals surface area contributed by atoms with Crippen LogP contribution in [0.2, 0.25) is 0 Å². The van der Waals surface area contributed by atoms with Crippen LogP contribution in [0.15, 0.2) is 30.5 Å². The monoisotopic (exact) mass is 204 g/mol. The molecule has 0 radical (unpaired) electrons. The van der Waals surface area contributed by atoms with Gasteiger partial charge in [0, 0.05) is 12.6 Å². The molecule has 0 aliphatic heterocycles. The molecule has 0 atom stereocenters. The Balaban J connectivity index is 2.53. The van der Waals surface area contributed by atoms with Crippen LogP contribution in [0, 0.1) is 5.82 Å². The second-order valence-corrected chi connectivity index (χ2v) is 3.19. The highest BCUT2D eigenvalue weighted by Gasteiger charge is 2.09. The van der Waals surface area contributed by atoms with Gasteiger partial charge in [-0.15, -0.1) is 0 Å². The van der Waals surface area contributed by atoms with Crippen LogP contribution < -0.4 is 0 Å². The molecule has 4 heteroatoms. The molecular weight excluding hydrogens is 195 g/mol. The van der Waals surface area contributed by atoms with E-state index < -0.39 is 0 Å². The summed E-state index contributed by atoms with van der Waals surface area (Å²) in [7, 11) is 1.69. The molecular formula is C11H9FN2O. The number of aromatic nitrogens is 2. The lowest BCUT2D eigenvalue weighted by atomic mass is 10.1. The second-order valence-electron chi connectivity index (χ2n) is 3.19. The Bertz CT molecular complexity index is 488. The number of halogens is 1. The molecule has 0 fully saturated rings. The van der Waals surface area contributed by atoms with Crippen LogP contribution in [-0.2, 0) is 7.05 Å². The predicted molar refractivity (Wildman–Crippen MR) is 54.0 cm³/mol. The van der Waals surface area contributed by atoms with E-state index in [9.17, 15) is 9.18 Å². The smallest absolute Gasteiger partial charge is 0.168 e. The molecule has 0 N–H and O–H groups in total. The lowest BCUT2D eigenvalue weighted by molar-refractivity contribution is 0.111. The van der Waals surface area contributed by atoms with Crippen LogP contribution >= 0.6 is 0 Å². The maximum absolute atomic E-state index is 12.7. The molecule has 2 rings (SSSR count). The fourth-order valence-corrected chi connectivity index (χ4v) is 1.44. The molecule has 2 aromatic rings. The van der Waals surface area contributed by atoms with Gasteiger partial charge in [0.1, 0.15) is 11.5 Å².